The van der Waals surface area contributed by atoms with E-state index >= 15 is 0 Å². The van der Waals surface area contributed by atoms with Gasteiger partial charge in [-0.05, 0) is 18.9 Å². The van der Waals surface area contributed by atoms with Crippen LogP contribution in [0.3, 0.4) is 0 Å². The smallest absolute Gasteiger partial charge is 0.0492 e. The zero-order valence-electron chi connectivity index (χ0n) is 9.50. The maximum atomic E-state index is 4.16. The molecule has 1 rings (SSSR count). The number of hydrogen-bond donors (Lipinski definition) is 0. The van der Waals surface area contributed by atoms with Crippen molar-refractivity contribution in [2.75, 3.05) is 0 Å². The largest absolute Gasteiger partial charge is 0.273 e. The average molecular weight is 194 g/mol. The molecule has 2 nitrogen and oxygen atoms in total. The van der Waals surface area contributed by atoms with E-state index in [1.807, 2.05) is 17.9 Å². The Balaban J connectivity index is 2.02. The summed E-state index contributed by atoms with van der Waals surface area (Å²) in [6.45, 7) is 2.26. The highest BCUT2D eigenvalue weighted by molar-refractivity contribution is 4.99. The first-order valence-corrected chi connectivity index (χ1v) is 5.81. The van der Waals surface area contributed by atoms with Gasteiger partial charge in [0, 0.05) is 18.9 Å². The number of unbranched alkanes of at least 4 members (excludes halogenated alkanes) is 5. The Bertz CT molecular complexity index is 240. The molecule has 0 aliphatic carbocycles. The number of nitrogens with zero attached hydrogens (tertiary/aromatic N) is 2. The topological polar surface area (TPSA) is 17.8 Å². The van der Waals surface area contributed by atoms with E-state index in [1.165, 1.54) is 50.6 Å². The molecule has 0 N–H and O–H groups in total. The summed E-state index contributed by atoms with van der Waals surface area (Å²) in [4.78, 5) is 0. The molecule has 0 unspecified atom stereocenters. The molecule has 14 heavy (non-hydrogen) atoms. The summed E-state index contributed by atoms with van der Waals surface area (Å²) in [5.74, 6) is 0. The highest BCUT2D eigenvalue weighted by atomic mass is 15.2. The second-order valence-corrected chi connectivity index (χ2v) is 3.96. The lowest BCUT2D eigenvalue weighted by Crippen LogP contribution is -1.97. The van der Waals surface area contributed by atoms with E-state index in [-0.39, 0.29) is 0 Å². The lowest BCUT2D eigenvalue weighted by molar-refractivity contribution is 0.593. The van der Waals surface area contributed by atoms with Crippen LogP contribution in [-0.4, -0.2) is 9.78 Å². The number of aromatic nitrogens is 2. The Labute approximate surface area is 87.3 Å². The van der Waals surface area contributed by atoms with Crippen molar-refractivity contribution in [1.29, 1.82) is 0 Å². The second kappa shape index (κ2) is 6.63. The molecule has 0 fully saturated rings. The lowest BCUT2D eigenvalue weighted by atomic mass is 10.1. The Morgan fingerprint density at radius 1 is 1.14 bits per heavy atom. The van der Waals surface area contributed by atoms with Crippen molar-refractivity contribution in [1.82, 2.24) is 9.78 Å². The molecule has 2 heteroatoms. The fraction of sp³-hybridized carbons (Fsp3) is 0.750. The van der Waals surface area contributed by atoms with Gasteiger partial charge in [0.05, 0.1) is 0 Å². The normalized spacial score (nSPS) is 10.7. The van der Waals surface area contributed by atoms with Gasteiger partial charge in [0.25, 0.3) is 0 Å². The van der Waals surface area contributed by atoms with Crippen LogP contribution in [0.4, 0.5) is 0 Å². The van der Waals surface area contributed by atoms with Gasteiger partial charge in [-0.25, -0.2) is 0 Å². The van der Waals surface area contributed by atoms with Gasteiger partial charge in [0.15, 0.2) is 0 Å². The minimum atomic E-state index is 1.18. The molecule has 0 bridgehead atoms. The van der Waals surface area contributed by atoms with Crippen LogP contribution < -0.4 is 0 Å². The molecule has 1 aromatic rings. The fourth-order valence-electron chi connectivity index (χ4n) is 1.73. The summed E-state index contributed by atoms with van der Waals surface area (Å²) in [7, 11) is 2.02. The third kappa shape index (κ3) is 3.95. The summed E-state index contributed by atoms with van der Waals surface area (Å²) >= 11 is 0. The number of aryl methyl sites for hydroxylation is 2. The van der Waals surface area contributed by atoms with Crippen LogP contribution in [0.2, 0.25) is 0 Å². The van der Waals surface area contributed by atoms with E-state index in [0.29, 0.717) is 0 Å². The van der Waals surface area contributed by atoms with Crippen molar-refractivity contribution in [3.05, 3.63) is 18.0 Å². The lowest BCUT2D eigenvalue weighted by Gasteiger charge is -2.01. The van der Waals surface area contributed by atoms with Crippen LogP contribution in [-0.2, 0) is 13.5 Å². The molecule has 1 heterocycles. The SMILES string of the molecule is CCCCCCCCc1ccnn1C. The highest BCUT2D eigenvalue weighted by Crippen LogP contribution is 2.08. The van der Waals surface area contributed by atoms with Crippen molar-refractivity contribution >= 4 is 0 Å². The average Bonchev–Trinajstić information content (AvgIpc) is 2.58. The van der Waals surface area contributed by atoms with Crippen LogP contribution in [0, 0.1) is 0 Å². The Morgan fingerprint density at radius 2 is 1.86 bits per heavy atom. The van der Waals surface area contributed by atoms with Gasteiger partial charge in [-0.15, -0.1) is 0 Å². The third-order valence-corrected chi connectivity index (χ3v) is 2.71. The monoisotopic (exact) mass is 194 g/mol. The summed E-state index contributed by atoms with van der Waals surface area (Å²) in [6.07, 6.45) is 11.3. The van der Waals surface area contributed by atoms with Crippen LogP contribution in [0.5, 0.6) is 0 Å². The van der Waals surface area contributed by atoms with E-state index < -0.39 is 0 Å². The Kier molecular flexibility index (Phi) is 5.35. The summed E-state index contributed by atoms with van der Waals surface area (Å²) in [6, 6.07) is 2.12. The van der Waals surface area contributed by atoms with Crippen LogP contribution in [0.1, 0.15) is 51.1 Å². The zero-order valence-corrected chi connectivity index (χ0v) is 9.50. The van der Waals surface area contributed by atoms with Gasteiger partial charge >= 0.3 is 0 Å². The molecule has 0 saturated carbocycles. The van der Waals surface area contributed by atoms with Crippen molar-refractivity contribution in [3.63, 3.8) is 0 Å². The van der Waals surface area contributed by atoms with Crippen molar-refractivity contribution in [2.45, 2.75) is 51.9 Å². The summed E-state index contributed by atoms with van der Waals surface area (Å²) in [5, 5.41) is 4.16. The molecule has 0 saturated heterocycles. The Hall–Kier alpha value is -0.790. The van der Waals surface area contributed by atoms with Gasteiger partial charge in [0.1, 0.15) is 0 Å². The first-order chi connectivity index (χ1) is 6.84. The molecule has 0 aromatic carbocycles. The molecule has 80 valence electrons. The first-order valence-electron chi connectivity index (χ1n) is 5.81. The maximum absolute atomic E-state index is 4.16. The van der Waals surface area contributed by atoms with E-state index in [9.17, 15) is 0 Å². The quantitative estimate of drug-likeness (QED) is 0.609. The third-order valence-electron chi connectivity index (χ3n) is 2.71. The molecule has 0 radical (unpaired) electrons. The molecule has 0 amide bonds. The van der Waals surface area contributed by atoms with Gasteiger partial charge in [0.2, 0.25) is 0 Å². The summed E-state index contributed by atoms with van der Waals surface area (Å²) in [5.41, 5.74) is 1.36. The number of hydrogen-bond acceptors (Lipinski definition) is 1. The Morgan fingerprint density at radius 3 is 2.50 bits per heavy atom. The van der Waals surface area contributed by atoms with Gasteiger partial charge in [-0.2, -0.15) is 5.10 Å². The molecular weight excluding hydrogens is 172 g/mol. The fourth-order valence-corrected chi connectivity index (χ4v) is 1.73. The minimum absolute atomic E-state index is 1.18. The summed E-state index contributed by atoms with van der Waals surface area (Å²) < 4.78 is 1.98. The van der Waals surface area contributed by atoms with Crippen LogP contribution >= 0.6 is 0 Å². The standard InChI is InChI=1S/C12H22N2/c1-3-4-5-6-7-8-9-12-10-11-13-14(12)2/h10-11H,3-9H2,1-2H3. The van der Waals surface area contributed by atoms with Crippen molar-refractivity contribution in [3.8, 4) is 0 Å². The molecule has 1 aromatic heterocycles. The van der Waals surface area contributed by atoms with Gasteiger partial charge in [-0.3, -0.25) is 4.68 Å². The predicted molar refractivity (Wildman–Crippen MR) is 60.3 cm³/mol. The molecule has 0 aliphatic rings. The molecule has 0 spiro atoms. The molecule has 0 atom stereocenters. The predicted octanol–water partition coefficient (Wildman–Crippen LogP) is 3.32. The van der Waals surface area contributed by atoms with Gasteiger partial charge < -0.3 is 0 Å². The van der Waals surface area contributed by atoms with Crippen LogP contribution in [0.15, 0.2) is 12.3 Å². The molecular formula is C12H22N2. The van der Waals surface area contributed by atoms with E-state index in [4.69, 9.17) is 0 Å². The molecule has 0 aliphatic heterocycles. The first kappa shape index (κ1) is 11.3. The van der Waals surface area contributed by atoms with E-state index in [0.717, 1.165) is 0 Å². The maximum Gasteiger partial charge on any atom is 0.0492 e. The van der Waals surface area contributed by atoms with Crippen molar-refractivity contribution in [2.24, 2.45) is 7.05 Å². The van der Waals surface area contributed by atoms with Gasteiger partial charge in [-0.1, -0.05) is 39.0 Å². The van der Waals surface area contributed by atoms with Crippen molar-refractivity contribution < 1.29 is 0 Å². The van der Waals surface area contributed by atoms with E-state index in [1.54, 1.807) is 0 Å². The van der Waals surface area contributed by atoms with Crippen LogP contribution in [0.25, 0.3) is 0 Å². The zero-order chi connectivity index (χ0) is 10.2. The van der Waals surface area contributed by atoms with E-state index in [2.05, 4.69) is 18.1 Å². The second-order valence-electron chi connectivity index (χ2n) is 3.96. The minimum Gasteiger partial charge on any atom is -0.273 e. The number of rotatable bonds is 7. The highest BCUT2D eigenvalue weighted by Gasteiger charge is 1.97.